The molecule has 0 heterocycles. The first-order valence-electron chi connectivity index (χ1n) is 5.41. The molecule has 2 atom stereocenters. The summed E-state index contributed by atoms with van der Waals surface area (Å²) < 4.78 is 5.71. The molecule has 0 N–H and O–H groups in total. The molecule has 0 saturated heterocycles. The summed E-state index contributed by atoms with van der Waals surface area (Å²) in [5, 5.41) is 0. The van der Waals surface area contributed by atoms with E-state index in [0.717, 1.165) is 18.4 Å². The maximum atomic E-state index is 5.71. The highest BCUT2D eigenvalue weighted by Crippen LogP contribution is 2.31. The normalized spacial score (nSPS) is 34.1. The van der Waals surface area contributed by atoms with Gasteiger partial charge in [0.15, 0.2) is 0 Å². The molecule has 0 spiro atoms. The van der Waals surface area contributed by atoms with Gasteiger partial charge in [-0.15, -0.1) is 0 Å². The summed E-state index contributed by atoms with van der Waals surface area (Å²) >= 11 is 0. The Labute approximate surface area is 82.2 Å². The van der Waals surface area contributed by atoms with Gasteiger partial charge in [-0.1, -0.05) is 26.0 Å². The molecule has 0 aromatic heterocycles. The molecule has 1 heteroatoms. The first kappa shape index (κ1) is 10.8. The van der Waals surface area contributed by atoms with Crippen LogP contribution in [0.1, 0.15) is 40.5 Å². The van der Waals surface area contributed by atoms with Crippen molar-refractivity contribution in [3.8, 4) is 0 Å². The van der Waals surface area contributed by atoms with Crippen LogP contribution in [-0.4, -0.2) is 12.2 Å². The van der Waals surface area contributed by atoms with Crippen molar-refractivity contribution in [3.63, 3.8) is 0 Å². The van der Waals surface area contributed by atoms with E-state index in [1.807, 2.05) is 0 Å². The maximum absolute atomic E-state index is 5.71. The molecule has 1 aliphatic carbocycles. The quantitative estimate of drug-likeness (QED) is 0.608. The Hall–Kier alpha value is -0.300. The van der Waals surface area contributed by atoms with Crippen LogP contribution in [0, 0.1) is 11.8 Å². The van der Waals surface area contributed by atoms with Gasteiger partial charge < -0.3 is 4.74 Å². The molecule has 1 rings (SSSR count). The summed E-state index contributed by atoms with van der Waals surface area (Å²) in [6, 6.07) is 0. The molecule has 0 radical (unpaired) electrons. The number of allylic oxidation sites excluding steroid dienone is 1. The summed E-state index contributed by atoms with van der Waals surface area (Å²) in [5.41, 5.74) is 0.0140. The first-order valence-corrected chi connectivity index (χ1v) is 5.41. The minimum absolute atomic E-state index is 0.0140. The van der Waals surface area contributed by atoms with E-state index < -0.39 is 0 Å². The lowest BCUT2D eigenvalue weighted by atomic mass is 9.81. The van der Waals surface area contributed by atoms with Crippen LogP contribution >= 0.6 is 0 Å². The predicted octanol–water partition coefficient (Wildman–Crippen LogP) is 3.40. The van der Waals surface area contributed by atoms with Crippen molar-refractivity contribution in [2.75, 3.05) is 6.61 Å². The van der Waals surface area contributed by atoms with Crippen molar-refractivity contribution in [1.82, 2.24) is 0 Å². The minimum Gasteiger partial charge on any atom is -0.372 e. The van der Waals surface area contributed by atoms with Gasteiger partial charge in [0.05, 0.1) is 5.60 Å². The number of ether oxygens (including phenoxy) is 1. The molecule has 76 valence electrons. The van der Waals surface area contributed by atoms with E-state index in [9.17, 15) is 0 Å². The molecule has 0 unspecified atom stereocenters. The molecular formula is C12H22O. The fourth-order valence-corrected chi connectivity index (χ4v) is 1.97. The highest BCUT2D eigenvalue weighted by molar-refractivity contribution is 5.07. The lowest BCUT2D eigenvalue weighted by Gasteiger charge is -2.33. The Kier molecular flexibility index (Phi) is 3.55. The van der Waals surface area contributed by atoms with E-state index in [0.29, 0.717) is 0 Å². The Morgan fingerprint density at radius 3 is 2.62 bits per heavy atom. The number of hydrogen-bond donors (Lipinski definition) is 0. The van der Waals surface area contributed by atoms with Gasteiger partial charge in [-0.3, -0.25) is 0 Å². The Morgan fingerprint density at radius 2 is 2.23 bits per heavy atom. The van der Waals surface area contributed by atoms with Crippen LogP contribution in [0.4, 0.5) is 0 Å². The van der Waals surface area contributed by atoms with Crippen LogP contribution in [-0.2, 0) is 4.74 Å². The topological polar surface area (TPSA) is 9.23 Å². The summed E-state index contributed by atoms with van der Waals surface area (Å²) in [7, 11) is 0. The van der Waals surface area contributed by atoms with Crippen LogP contribution in [0.2, 0.25) is 0 Å². The third-order valence-electron chi connectivity index (χ3n) is 3.00. The van der Waals surface area contributed by atoms with Crippen LogP contribution < -0.4 is 0 Å². The molecular weight excluding hydrogens is 160 g/mol. The Balaban J connectivity index is 2.55. The highest BCUT2D eigenvalue weighted by Gasteiger charge is 2.27. The van der Waals surface area contributed by atoms with Crippen molar-refractivity contribution < 1.29 is 4.74 Å². The molecule has 0 aliphatic heterocycles. The number of rotatable bonds is 3. The van der Waals surface area contributed by atoms with Gasteiger partial charge in [-0.2, -0.15) is 0 Å². The zero-order valence-corrected chi connectivity index (χ0v) is 9.34. The summed E-state index contributed by atoms with van der Waals surface area (Å²) in [6.07, 6.45) is 7.03. The van der Waals surface area contributed by atoms with Crippen LogP contribution in [0.15, 0.2) is 12.2 Å². The minimum atomic E-state index is 0.0140. The van der Waals surface area contributed by atoms with Crippen molar-refractivity contribution in [3.05, 3.63) is 12.2 Å². The van der Waals surface area contributed by atoms with E-state index in [4.69, 9.17) is 4.74 Å². The van der Waals surface area contributed by atoms with Gasteiger partial charge in [0.25, 0.3) is 0 Å². The average molecular weight is 182 g/mol. The third-order valence-corrected chi connectivity index (χ3v) is 3.00. The van der Waals surface area contributed by atoms with E-state index in [2.05, 4.69) is 39.8 Å². The van der Waals surface area contributed by atoms with Crippen LogP contribution in [0.5, 0.6) is 0 Å². The second-order valence-electron chi connectivity index (χ2n) is 4.55. The second-order valence-corrected chi connectivity index (χ2v) is 4.55. The van der Waals surface area contributed by atoms with E-state index in [1.165, 1.54) is 12.8 Å². The van der Waals surface area contributed by atoms with Gasteiger partial charge in [0.2, 0.25) is 0 Å². The predicted molar refractivity (Wildman–Crippen MR) is 56.7 cm³/mol. The molecule has 0 bridgehead atoms. The summed E-state index contributed by atoms with van der Waals surface area (Å²) in [4.78, 5) is 0. The van der Waals surface area contributed by atoms with Gasteiger partial charge >= 0.3 is 0 Å². The van der Waals surface area contributed by atoms with Crippen molar-refractivity contribution in [1.29, 1.82) is 0 Å². The first-order chi connectivity index (χ1) is 6.07. The zero-order chi connectivity index (χ0) is 9.90. The zero-order valence-electron chi connectivity index (χ0n) is 9.34. The molecule has 1 aliphatic rings. The van der Waals surface area contributed by atoms with Gasteiger partial charge in [-0.05, 0) is 38.5 Å². The van der Waals surface area contributed by atoms with Crippen LogP contribution in [0.25, 0.3) is 0 Å². The highest BCUT2D eigenvalue weighted by atomic mass is 16.5. The summed E-state index contributed by atoms with van der Waals surface area (Å²) in [6.45, 7) is 9.64. The van der Waals surface area contributed by atoms with Gasteiger partial charge in [0, 0.05) is 6.61 Å². The molecule has 0 aromatic carbocycles. The van der Waals surface area contributed by atoms with E-state index in [-0.39, 0.29) is 5.60 Å². The lowest BCUT2D eigenvalue weighted by Crippen LogP contribution is -2.30. The van der Waals surface area contributed by atoms with Crippen molar-refractivity contribution in [2.24, 2.45) is 11.8 Å². The third kappa shape index (κ3) is 2.84. The van der Waals surface area contributed by atoms with Crippen molar-refractivity contribution >= 4 is 0 Å². The molecule has 0 fully saturated rings. The molecule has 0 amide bonds. The summed E-state index contributed by atoms with van der Waals surface area (Å²) in [5.74, 6) is 1.52. The lowest BCUT2D eigenvalue weighted by molar-refractivity contribution is -0.00217. The van der Waals surface area contributed by atoms with Crippen molar-refractivity contribution in [2.45, 2.75) is 46.1 Å². The van der Waals surface area contributed by atoms with Crippen LogP contribution in [0.3, 0.4) is 0 Å². The van der Waals surface area contributed by atoms with Gasteiger partial charge in [0.1, 0.15) is 0 Å². The fourth-order valence-electron chi connectivity index (χ4n) is 1.97. The maximum Gasteiger partial charge on any atom is 0.0834 e. The van der Waals surface area contributed by atoms with E-state index in [1.54, 1.807) is 0 Å². The molecule has 13 heavy (non-hydrogen) atoms. The smallest absolute Gasteiger partial charge is 0.0834 e. The Morgan fingerprint density at radius 1 is 1.54 bits per heavy atom. The SMILES string of the molecule is CCO[C@]1(C)C=C[C@@H](C(C)C)CC1. The largest absolute Gasteiger partial charge is 0.372 e. The monoisotopic (exact) mass is 182 g/mol. The molecule has 0 saturated carbocycles. The fraction of sp³-hybridized carbons (Fsp3) is 0.833. The molecule has 1 nitrogen and oxygen atoms in total. The number of hydrogen-bond acceptors (Lipinski definition) is 1. The van der Waals surface area contributed by atoms with E-state index >= 15 is 0 Å². The Bertz CT molecular complexity index is 184. The second kappa shape index (κ2) is 4.28. The van der Waals surface area contributed by atoms with Gasteiger partial charge in [-0.25, -0.2) is 0 Å². The molecule has 0 aromatic rings. The average Bonchev–Trinajstić information content (AvgIpc) is 2.05. The standard InChI is InChI=1S/C12H22O/c1-5-13-12(4)8-6-11(7-9-12)10(2)3/h6,8,10-11H,5,7,9H2,1-4H3/t11-,12-/m1/s1.